The van der Waals surface area contributed by atoms with Crippen LogP contribution in [0.2, 0.25) is 0 Å². The lowest BCUT2D eigenvalue weighted by atomic mass is 9.93. The molecule has 2 aliphatic rings. The van der Waals surface area contributed by atoms with Crippen LogP contribution in [0.1, 0.15) is 36.3 Å². The van der Waals surface area contributed by atoms with E-state index < -0.39 is 0 Å². The van der Waals surface area contributed by atoms with Crippen molar-refractivity contribution in [1.82, 2.24) is 10.2 Å². The molecule has 1 N–H and O–H groups in total. The Hall–Kier alpha value is -1.49. The molecule has 0 bridgehead atoms. The van der Waals surface area contributed by atoms with Crippen molar-refractivity contribution in [2.75, 3.05) is 25.1 Å². The first-order valence-electron chi connectivity index (χ1n) is 8.72. The van der Waals surface area contributed by atoms with Crippen molar-refractivity contribution in [2.24, 2.45) is 5.92 Å². The molecule has 0 spiro atoms. The van der Waals surface area contributed by atoms with Crippen LogP contribution in [0.3, 0.4) is 0 Å². The average Bonchev–Trinajstić information content (AvgIpc) is 3.35. The minimum Gasteiger partial charge on any atom is -0.351 e. The lowest BCUT2D eigenvalue weighted by Crippen LogP contribution is -2.41. The number of benzene rings is 1. The standard InChI is InChI=1S/C19H26N2O2S/c1-13-3-5-14(6-4-13)16-11-21(18(22)9-10-24-2)12-17(16)20-19(23)15-7-8-15/h3-6,15-17H,7-12H2,1-2H3,(H,20,23)/t16-,17+/m0/s1. The van der Waals surface area contributed by atoms with Gasteiger partial charge in [0.25, 0.3) is 0 Å². The highest BCUT2D eigenvalue weighted by Gasteiger charge is 2.39. The maximum absolute atomic E-state index is 12.4. The van der Waals surface area contributed by atoms with Crippen molar-refractivity contribution in [3.63, 3.8) is 0 Å². The van der Waals surface area contributed by atoms with Gasteiger partial charge in [-0.25, -0.2) is 0 Å². The van der Waals surface area contributed by atoms with Gasteiger partial charge in [0.05, 0.1) is 6.04 Å². The number of nitrogens with zero attached hydrogens (tertiary/aromatic N) is 1. The molecule has 4 nitrogen and oxygen atoms in total. The highest BCUT2D eigenvalue weighted by molar-refractivity contribution is 7.98. The predicted octanol–water partition coefficient (Wildman–Crippen LogP) is 2.57. The number of hydrogen-bond acceptors (Lipinski definition) is 3. The molecule has 0 unspecified atom stereocenters. The third-order valence-electron chi connectivity index (χ3n) is 4.97. The molecule has 0 radical (unpaired) electrons. The molecule has 1 saturated heterocycles. The van der Waals surface area contributed by atoms with Gasteiger partial charge in [0.2, 0.25) is 11.8 Å². The van der Waals surface area contributed by atoms with E-state index in [9.17, 15) is 9.59 Å². The normalized spacial score (nSPS) is 23.3. The Morgan fingerprint density at radius 3 is 2.54 bits per heavy atom. The van der Waals surface area contributed by atoms with Crippen molar-refractivity contribution in [3.05, 3.63) is 35.4 Å². The summed E-state index contributed by atoms with van der Waals surface area (Å²) in [5, 5.41) is 3.21. The Morgan fingerprint density at radius 1 is 1.21 bits per heavy atom. The van der Waals surface area contributed by atoms with E-state index in [2.05, 4.69) is 36.5 Å². The lowest BCUT2D eigenvalue weighted by molar-refractivity contribution is -0.130. The van der Waals surface area contributed by atoms with Crippen LogP contribution in [0.15, 0.2) is 24.3 Å². The molecule has 0 aromatic heterocycles. The van der Waals surface area contributed by atoms with Crippen molar-refractivity contribution >= 4 is 23.6 Å². The second-order valence-corrected chi connectivity index (χ2v) is 7.93. The number of amides is 2. The van der Waals surface area contributed by atoms with Crippen LogP contribution < -0.4 is 5.32 Å². The van der Waals surface area contributed by atoms with Gasteiger partial charge in [-0.2, -0.15) is 11.8 Å². The van der Waals surface area contributed by atoms with Gasteiger partial charge in [-0.1, -0.05) is 29.8 Å². The topological polar surface area (TPSA) is 49.4 Å². The van der Waals surface area contributed by atoms with Crippen LogP contribution in [0.4, 0.5) is 0 Å². The van der Waals surface area contributed by atoms with Crippen molar-refractivity contribution in [1.29, 1.82) is 0 Å². The van der Waals surface area contributed by atoms with Crippen LogP contribution in [-0.2, 0) is 9.59 Å². The third-order valence-corrected chi connectivity index (χ3v) is 5.59. The van der Waals surface area contributed by atoms with Gasteiger partial charge >= 0.3 is 0 Å². The van der Waals surface area contributed by atoms with Gasteiger partial charge in [-0.05, 0) is 31.6 Å². The van der Waals surface area contributed by atoms with Gasteiger partial charge in [0.15, 0.2) is 0 Å². The largest absolute Gasteiger partial charge is 0.351 e. The number of aryl methyl sites for hydroxylation is 1. The van der Waals surface area contributed by atoms with Gasteiger partial charge < -0.3 is 10.2 Å². The van der Waals surface area contributed by atoms with Gasteiger partial charge in [-0.3, -0.25) is 9.59 Å². The molecule has 130 valence electrons. The summed E-state index contributed by atoms with van der Waals surface area (Å²) in [5.41, 5.74) is 2.44. The monoisotopic (exact) mass is 346 g/mol. The molecule has 2 amide bonds. The van der Waals surface area contributed by atoms with Crippen LogP contribution >= 0.6 is 11.8 Å². The quantitative estimate of drug-likeness (QED) is 0.861. The number of rotatable bonds is 6. The number of nitrogens with one attached hydrogen (secondary N) is 1. The second kappa shape index (κ2) is 7.60. The Bertz CT molecular complexity index is 598. The highest BCUT2D eigenvalue weighted by atomic mass is 32.2. The molecular formula is C19H26N2O2S. The van der Waals surface area contributed by atoms with E-state index in [1.54, 1.807) is 11.8 Å². The second-order valence-electron chi connectivity index (χ2n) is 6.95. The van der Waals surface area contributed by atoms with Crippen LogP contribution in [0.25, 0.3) is 0 Å². The minimum atomic E-state index is 0.0269. The molecule has 1 heterocycles. The molecular weight excluding hydrogens is 320 g/mol. The summed E-state index contributed by atoms with van der Waals surface area (Å²) >= 11 is 1.69. The molecule has 1 saturated carbocycles. The summed E-state index contributed by atoms with van der Waals surface area (Å²) in [6.07, 6.45) is 4.60. The zero-order chi connectivity index (χ0) is 17.1. The van der Waals surface area contributed by atoms with E-state index >= 15 is 0 Å². The van der Waals surface area contributed by atoms with Crippen LogP contribution in [0.5, 0.6) is 0 Å². The number of likely N-dealkylation sites (tertiary alicyclic amines) is 1. The van der Waals surface area contributed by atoms with E-state index in [0.717, 1.165) is 18.6 Å². The van der Waals surface area contributed by atoms with E-state index in [0.29, 0.717) is 19.5 Å². The van der Waals surface area contributed by atoms with E-state index in [1.807, 2.05) is 11.2 Å². The summed E-state index contributed by atoms with van der Waals surface area (Å²) in [4.78, 5) is 26.6. The number of hydrogen-bond donors (Lipinski definition) is 1. The lowest BCUT2D eigenvalue weighted by Gasteiger charge is -2.20. The zero-order valence-electron chi connectivity index (χ0n) is 14.5. The molecule has 1 aliphatic carbocycles. The first-order valence-corrected chi connectivity index (χ1v) is 10.1. The third kappa shape index (κ3) is 4.12. The fraction of sp³-hybridized carbons (Fsp3) is 0.579. The smallest absolute Gasteiger partial charge is 0.223 e. The SMILES string of the molecule is CSCCC(=O)N1C[C@@H](NC(=O)C2CC2)[C@H](c2ccc(C)cc2)C1. The summed E-state index contributed by atoms with van der Waals surface area (Å²) in [7, 11) is 0. The van der Waals surface area contributed by atoms with Crippen LogP contribution in [0, 0.1) is 12.8 Å². The van der Waals surface area contributed by atoms with E-state index in [-0.39, 0.29) is 29.7 Å². The molecule has 2 fully saturated rings. The number of thioether (sulfide) groups is 1. The van der Waals surface area contributed by atoms with Gasteiger partial charge in [0, 0.05) is 37.1 Å². The Balaban J connectivity index is 1.72. The molecule has 2 atom stereocenters. The summed E-state index contributed by atoms with van der Waals surface area (Å²) < 4.78 is 0. The molecule has 5 heteroatoms. The van der Waals surface area contributed by atoms with Gasteiger partial charge in [0.1, 0.15) is 0 Å². The molecule has 1 aliphatic heterocycles. The summed E-state index contributed by atoms with van der Waals surface area (Å²) in [5.74, 6) is 1.60. The first kappa shape index (κ1) is 17.3. The van der Waals surface area contributed by atoms with Crippen molar-refractivity contribution < 1.29 is 9.59 Å². The van der Waals surface area contributed by atoms with E-state index in [1.165, 1.54) is 11.1 Å². The number of carbonyl (C=O) groups excluding carboxylic acids is 2. The van der Waals surface area contributed by atoms with Crippen molar-refractivity contribution in [3.8, 4) is 0 Å². The average molecular weight is 346 g/mol. The number of carbonyl (C=O) groups is 2. The fourth-order valence-corrected chi connectivity index (χ4v) is 3.68. The molecule has 3 rings (SSSR count). The summed E-state index contributed by atoms with van der Waals surface area (Å²) in [6, 6.07) is 8.50. The molecule has 24 heavy (non-hydrogen) atoms. The van der Waals surface area contributed by atoms with Gasteiger partial charge in [-0.15, -0.1) is 0 Å². The molecule has 1 aromatic rings. The maximum atomic E-state index is 12.4. The first-order chi connectivity index (χ1) is 11.6. The summed E-state index contributed by atoms with van der Waals surface area (Å²) in [6.45, 7) is 3.40. The Morgan fingerprint density at radius 2 is 1.92 bits per heavy atom. The fourth-order valence-electron chi connectivity index (χ4n) is 3.30. The maximum Gasteiger partial charge on any atom is 0.223 e. The van der Waals surface area contributed by atoms with Crippen molar-refractivity contribution in [2.45, 2.75) is 38.1 Å². The highest BCUT2D eigenvalue weighted by Crippen LogP contribution is 2.32. The van der Waals surface area contributed by atoms with E-state index in [4.69, 9.17) is 0 Å². The Kier molecular flexibility index (Phi) is 5.49. The van der Waals surface area contributed by atoms with Crippen LogP contribution in [-0.4, -0.2) is 47.9 Å². The molecule has 1 aromatic carbocycles. The minimum absolute atomic E-state index is 0.0269. The Labute approximate surface area is 148 Å². The zero-order valence-corrected chi connectivity index (χ0v) is 15.3. The predicted molar refractivity (Wildman–Crippen MR) is 98.2 cm³/mol.